The van der Waals surface area contributed by atoms with Crippen molar-refractivity contribution in [1.82, 2.24) is 4.90 Å². The molecule has 0 heterocycles. The molecular weight excluding hydrogens is 274 g/mol. The zero-order valence-corrected chi connectivity index (χ0v) is 13.9. The van der Waals surface area contributed by atoms with Crippen LogP contribution in [0.2, 0.25) is 0 Å². The average Bonchev–Trinajstić information content (AvgIpc) is 2.44. The summed E-state index contributed by atoms with van der Waals surface area (Å²) < 4.78 is 15.0. The van der Waals surface area contributed by atoms with Gasteiger partial charge in [-0.2, -0.15) is 0 Å². The minimum Gasteiger partial charge on any atom is -0.465 e. The van der Waals surface area contributed by atoms with Gasteiger partial charge in [0.25, 0.3) is 0 Å². The Hall–Kier alpha value is -0.980. The van der Waals surface area contributed by atoms with E-state index in [4.69, 9.17) is 14.2 Å². The van der Waals surface area contributed by atoms with Crippen LogP contribution in [0.1, 0.15) is 27.2 Å². The lowest BCUT2D eigenvalue weighted by molar-refractivity contribution is -0.158. The lowest BCUT2D eigenvalue weighted by atomic mass is 9.87. The monoisotopic (exact) mass is 303 g/mol. The minimum atomic E-state index is -1.12. The van der Waals surface area contributed by atoms with Crippen LogP contribution < -0.4 is 0 Å². The Kier molecular flexibility index (Phi) is 10.2. The molecule has 0 amide bonds. The molecule has 0 aromatic rings. The number of esters is 1. The Balaban J connectivity index is 4.57. The molecule has 0 aromatic heterocycles. The van der Waals surface area contributed by atoms with Crippen molar-refractivity contribution in [3.63, 3.8) is 0 Å². The third-order valence-corrected chi connectivity index (χ3v) is 3.28. The molecule has 0 aliphatic rings. The number of carbonyl (C=O) groups excluding carboxylic acids is 2. The van der Waals surface area contributed by atoms with Crippen molar-refractivity contribution >= 4 is 11.8 Å². The minimum absolute atomic E-state index is 0.144. The van der Waals surface area contributed by atoms with E-state index in [1.165, 1.54) is 0 Å². The predicted octanol–water partition coefficient (Wildman–Crippen LogP) is 1.13. The molecule has 0 aliphatic heterocycles. The fourth-order valence-corrected chi connectivity index (χ4v) is 1.75. The molecule has 6 heteroatoms. The third kappa shape index (κ3) is 7.55. The maximum absolute atomic E-state index is 12.4. The number of hydrogen-bond acceptors (Lipinski definition) is 6. The van der Waals surface area contributed by atoms with Crippen molar-refractivity contribution in [2.75, 3.05) is 53.7 Å². The molecule has 21 heavy (non-hydrogen) atoms. The number of carbonyl (C=O) groups is 2. The average molecular weight is 303 g/mol. The number of methoxy groups -OCH3 is 2. The summed E-state index contributed by atoms with van der Waals surface area (Å²) in [4.78, 5) is 26.2. The van der Waals surface area contributed by atoms with Gasteiger partial charge in [0.1, 0.15) is 5.41 Å². The standard InChI is InChI=1S/C15H29NO5/c1-6-21-14(18)15(2,3)13(17)12-16(9-11-20-5)8-7-10-19-4/h6-12H2,1-5H3. The molecule has 0 radical (unpaired) electrons. The Morgan fingerprint density at radius 2 is 1.67 bits per heavy atom. The van der Waals surface area contributed by atoms with Gasteiger partial charge in [-0.25, -0.2) is 0 Å². The first-order valence-corrected chi connectivity index (χ1v) is 7.30. The first-order valence-electron chi connectivity index (χ1n) is 7.30. The van der Waals surface area contributed by atoms with E-state index in [1.807, 2.05) is 4.90 Å². The topological polar surface area (TPSA) is 65.1 Å². The molecule has 0 bridgehead atoms. The summed E-state index contributed by atoms with van der Waals surface area (Å²) in [6, 6.07) is 0. The van der Waals surface area contributed by atoms with E-state index >= 15 is 0 Å². The van der Waals surface area contributed by atoms with Gasteiger partial charge in [0, 0.05) is 33.9 Å². The summed E-state index contributed by atoms with van der Waals surface area (Å²) >= 11 is 0. The third-order valence-electron chi connectivity index (χ3n) is 3.28. The lowest BCUT2D eigenvalue weighted by Crippen LogP contribution is -2.43. The van der Waals surface area contributed by atoms with E-state index in [2.05, 4.69) is 0 Å². The molecule has 124 valence electrons. The number of nitrogens with zero attached hydrogens (tertiary/aromatic N) is 1. The van der Waals surface area contributed by atoms with E-state index < -0.39 is 11.4 Å². The zero-order chi connectivity index (χ0) is 16.3. The summed E-state index contributed by atoms with van der Waals surface area (Å²) in [7, 11) is 3.27. The van der Waals surface area contributed by atoms with Gasteiger partial charge in [-0.05, 0) is 27.2 Å². The summed E-state index contributed by atoms with van der Waals surface area (Å²) in [5.74, 6) is -0.618. The van der Waals surface area contributed by atoms with E-state index in [0.717, 1.165) is 13.0 Å². The van der Waals surface area contributed by atoms with Crippen molar-refractivity contribution in [3.8, 4) is 0 Å². The van der Waals surface area contributed by atoms with Crippen LogP contribution in [0.25, 0.3) is 0 Å². The van der Waals surface area contributed by atoms with Crippen molar-refractivity contribution in [1.29, 1.82) is 0 Å². The number of Topliss-reactive ketones (excluding diaryl/α,β-unsaturated/α-hetero) is 1. The van der Waals surface area contributed by atoms with Gasteiger partial charge in [-0.3, -0.25) is 14.5 Å². The van der Waals surface area contributed by atoms with Crippen LogP contribution in [-0.4, -0.2) is 70.3 Å². The molecule has 0 atom stereocenters. The van der Waals surface area contributed by atoms with Crippen molar-refractivity contribution in [2.24, 2.45) is 5.41 Å². The van der Waals surface area contributed by atoms with Gasteiger partial charge in [0.2, 0.25) is 0 Å². The Bertz CT molecular complexity index is 317. The second-order valence-electron chi connectivity index (χ2n) is 5.38. The fourth-order valence-electron chi connectivity index (χ4n) is 1.75. The number of hydrogen-bond donors (Lipinski definition) is 0. The molecule has 0 spiro atoms. The summed E-state index contributed by atoms with van der Waals surface area (Å²) in [5.41, 5.74) is -1.12. The fraction of sp³-hybridized carbons (Fsp3) is 0.867. The van der Waals surface area contributed by atoms with E-state index in [9.17, 15) is 9.59 Å². The molecular formula is C15H29NO5. The van der Waals surface area contributed by atoms with E-state index in [1.54, 1.807) is 35.0 Å². The van der Waals surface area contributed by atoms with Crippen LogP contribution in [0.15, 0.2) is 0 Å². The van der Waals surface area contributed by atoms with Crippen molar-refractivity contribution < 1.29 is 23.8 Å². The molecule has 0 rings (SSSR count). The second kappa shape index (κ2) is 10.7. The van der Waals surface area contributed by atoms with Gasteiger partial charge in [-0.1, -0.05) is 0 Å². The molecule has 0 saturated carbocycles. The maximum atomic E-state index is 12.4. The van der Waals surface area contributed by atoms with Gasteiger partial charge in [-0.15, -0.1) is 0 Å². The lowest BCUT2D eigenvalue weighted by Gasteiger charge is -2.26. The molecule has 0 fully saturated rings. The number of ketones is 1. The molecule has 6 nitrogen and oxygen atoms in total. The quantitative estimate of drug-likeness (QED) is 0.306. The van der Waals surface area contributed by atoms with E-state index in [0.29, 0.717) is 19.8 Å². The van der Waals surface area contributed by atoms with Crippen molar-refractivity contribution in [2.45, 2.75) is 27.2 Å². The first kappa shape index (κ1) is 20.0. The highest BCUT2D eigenvalue weighted by molar-refractivity contribution is 6.03. The van der Waals surface area contributed by atoms with Crippen LogP contribution in [0.3, 0.4) is 0 Å². The highest BCUT2D eigenvalue weighted by Crippen LogP contribution is 2.19. The number of rotatable bonds is 12. The molecule has 0 aromatic carbocycles. The highest BCUT2D eigenvalue weighted by Gasteiger charge is 2.37. The Morgan fingerprint density at radius 1 is 1.05 bits per heavy atom. The van der Waals surface area contributed by atoms with Gasteiger partial charge < -0.3 is 14.2 Å². The Labute approximate surface area is 127 Å². The van der Waals surface area contributed by atoms with Crippen molar-refractivity contribution in [3.05, 3.63) is 0 Å². The summed E-state index contributed by atoms with van der Waals surface area (Å²) in [5, 5.41) is 0. The zero-order valence-electron chi connectivity index (χ0n) is 13.9. The highest BCUT2D eigenvalue weighted by atomic mass is 16.5. The van der Waals surface area contributed by atoms with Gasteiger partial charge in [0.05, 0.1) is 19.8 Å². The van der Waals surface area contributed by atoms with Crippen LogP contribution in [0, 0.1) is 5.41 Å². The second-order valence-corrected chi connectivity index (χ2v) is 5.38. The molecule has 0 saturated heterocycles. The van der Waals surface area contributed by atoms with E-state index in [-0.39, 0.29) is 18.9 Å². The van der Waals surface area contributed by atoms with Gasteiger partial charge in [0.15, 0.2) is 5.78 Å². The van der Waals surface area contributed by atoms with Crippen LogP contribution in [-0.2, 0) is 23.8 Å². The smallest absolute Gasteiger partial charge is 0.319 e. The molecule has 0 unspecified atom stereocenters. The molecule has 0 N–H and O–H groups in total. The van der Waals surface area contributed by atoms with Crippen LogP contribution in [0.4, 0.5) is 0 Å². The van der Waals surface area contributed by atoms with Gasteiger partial charge >= 0.3 is 5.97 Å². The normalized spacial score (nSPS) is 11.7. The number of ether oxygens (including phenoxy) is 3. The SMILES string of the molecule is CCOC(=O)C(C)(C)C(=O)CN(CCCOC)CCOC. The summed E-state index contributed by atoms with van der Waals surface area (Å²) in [6.45, 7) is 7.98. The van der Waals surface area contributed by atoms with Crippen LogP contribution in [0.5, 0.6) is 0 Å². The summed E-state index contributed by atoms with van der Waals surface area (Å²) in [6.07, 6.45) is 0.827. The molecule has 0 aliphatic carbocycles. The maximum Gasteiger partial charge on any atom is 0.319 e. The first-order chi connectivity index (χ1) is 9.89. The van der Waals surface area contributed by atoms with Crippen LogP contribution >= 0.6 is 0 Å². The predicted molar refractivity (Wildman–Crippen MR) is 80.2 cm³/mol. The largest absolute Gasteiger partial charge is 0.465 e. The Morgan fingerprint density at radius 3 is 2.19 bits per heavy atom.